The number of aromatic carboxylic acids is 1. The Balaban J connectivity index is 1.74. The molecule has 4 rings (SSSR count). The highest BCUT2D eigenvalue weighted by molar-refractivity contribution is 6.03. The van der Waals surface area contributed by atoms with Gasteiger partial charge in [-0.3, -0.25) is 5.01 Å². The lowest BCUT2D eigenvalue weighted by atomic mass is 9.97. The fourth-order valence-electron chi connectivity index (χ4n) is 3.78. The van der Waals surface area contributed by atoms with Crippen LogP contribution in [-0.2, 0) is 0 Å². The fraction of sp³-hybridized carbons (Fsp3) is 0.200. The van der Waals surface area contributed by atoms with Crippen LogP contribution in [0.1, 0.15) is 33.9 Å². The Morgan fingerprint density at radius 2 is 1.59 bits per heavy atom. The van der Waals surface area contributed by atoms with Gasteiger partial charge in [-0.25, -0.2) is 4.79 Å². The Morgan fingerprint density at radius 1 is 0.906 bits per heavy atom. The summed E-state index contributed by atoms with van der Waals surface area (Å²) in [6.45, 7) is 0. The highest BCUT2D eigenvalue weighted by atomic mass is 16.5. The van der Waals surface area contributed by atoms with Gasteiger partial charge in [-0.2, -0.15) is 5.10 Å². The van der Waals surface area contributed by atoms with Gasteiger partial charge in [0, 0.05) is 6.42 Å². The molecule has 0 bridgehead atoms. The Bertz CT molecular complexity index is 1140. The minimum absolute atomic E-state index is 0.0948. The van der Waals surface area contributed by atoms with Crippen LogP contribution < -0.4 is 19.2 Å². The molecule has 1 heterocycles. The molecule has 0 spiro atoms. The molecule has 0 saturated heterocycles. The maximum Gasteiger partial charge on any atom is 0.335 e. The topological polar surface area (TPSA) is 80.6 Å². The number of anilines is 1. The summed E-state index contributed by atoms with van der Waals surface area (Å²) in [5, 5.41) is 16.1. The number of carboxylic acid groups (broad SMARTS) is 1. The highest BCUT2D eigenvalue weighted by Gasteiger charge is 2.30. The molecule has 7 nitrogen and oxygen atoms in total. The Morgan fingerprint density at radius 3 is 2.19 bits per heavy atom. The van der Waals surface area contributed by atoms with Gasteiger partial charge in [0.05, 0.1) is 44.3 Å². The molecule has 0 fully saturated rings. The third kappa shape index (κ3) is 4.09. The molecular formula is C25H24N2O5. The van der Waals surface area contributed by atoms with Gasteiger partial charge >= 0.3 is 5.97 Å². The number of hydrazone groups is 1. The van der Waals surface area contributed by atoms with E-state index in [0.29, 0.717) is 17.9 Å². The van der Waals surface area contributed by atoms with Crippen molar-refractivity contribution < 1.29 is 24.1 Å². The Labute approximate surface area is 186 Å². The van der Waals surface area contributed by atoms with Crippen LogP contribution in [0.15, 0.2) is 71.8 Å². The molecule has 1 aliphatic heterocycles. The van der Waals surface area contributed by atoms with E-state index < -0.39 is 5.97 Å². The summed E-state index contributed by atoms with van der Waals surface area (Å²) in [4.78, 5) is 11.3. The minimum atomic E-state index is -0.961. The maximum absolute atomic E-state index is 11.3. The fourth-order valence-corrected chi connectivity index (χ4v) is 3.78. The lowest BCUT2D eigenvalue weighted by Crippen LogP contribution is -2.18. The zero-order valence-corrected chi connectivity index (χ0v) is 18.1. The second-order valence-corrected chi connectivity index (χ2v) is 7.31. The first-order valence-electron chi connectivity index (χ1n) is 10.1. The molecule has 32 heavy (non-hydrogen) atoms. The van der Waals surface area contributed by atoms with Crippen molar-refractivity contribution in [3.8, 4) is 17.2 Å². The molecule has 1 N–H and O–H groups in total. The number of hydrogen-bond acceptors (Lipinski definition) is 6. The van der Waals surface area contributed by atoms with Gasteiger partial charge < -0.3 is 19.3 Å². The molecule has 1 aliphatic rings. The van der Waals surface area contributed by atoms with Gasteiger partial charge in [0.1, 0.15) is 5.75 Å². The second kappa shape index (κ2) is 9.01. The van der Waals surface area contributed by atoms with Gasteiger partial charge in [-0.05, 0) is 71.8 Å². The summed E-state index contributed by atoms with van der Waals surface area (Å²) in [5.74, 6) is 1.12. The number of carbonyl (C=O) groups is 1. The van der Waals surface area contributed by atoms with Gasteiger partial charge in [0.2, 0.25) is 0 Å². The molecular weight excluding hydrogens is 408 g/mol. The summed E-state index contributed by atoms with van der Waals surface area (Å²) in [7, 11) is 4.85. The molecule has 7 heteroatoms. The third-order valence-corrected chi connectivity index (χ3v) is 5.50. The first kappa shape index (κ1) is 21.2. The summed E-state index contributed by atoms with van der Waals surface area (Å²) in [5.41, 5.74) is 3.97. The van der Waals surface area contributed by atoms with Crippen molar-refractivity contribution in [2.24, 2.45) is 5.10 Å². The minimum Gasteiger partial charge on any atom is -0.497 e. The molecule has 0 radical (unpaired) electrons. The molecule has 0 unspecified atom stereocenters. The van der Waals surface area contributed by atoms with Gasteiger partial charge in [0.25, 0.3) is 0 Å². The zero-order valence-electron chi connectivity index (χ0n) is 18.1. The summed E-state index contributed by atoms with van der Waals surface area (Å²) in [6, 6.07) is 20.3. The molecule has 3 aromatic carbocycles. The molecule has 3 aromatic rings. The molecule has 0 amide bonds. The van der Waals surface area contributed by atoms with E-state index in [4.69, 9.17) is 19.3 Å². The molecule has 0 saturated carbocycles. The Hall–Kier alpha value is -4.00. The maximum atomic E-state index is 11.3. The van der Waals surface area contributed by atoms with E-state index in [9.17, 15) is 9.90 Å². The predicted molar refractivity (Wildman–Crippen MR) is 122 cm³/mol. The summed E-state index contributed by atoms with van der Waals surface area (Å²) < 4.78 is 16.1. The number of benzene rings is 3. The monoisotopic (exact) mass is 432 g/mol. The van der Waals surface area contributed by atoms with Gasteiger partial charge in [0.15, 0.2) is 11.5 Å². The third-order valence-electron chi connectivity index (χ3n) is 5.50. The average Bonchev–Trinajstić information content (AvgIpc) is 3.29. The number of ether oxygens (including phenoxy) is 3. The quantitative estimate of drug-likeness (QED) is 0.580. The smallest absolute Gasteiger partial charge is 0.335 e. The van der Waals surface area contributed by atoms with Gasteiger partial charge in [-0.1, -0.05) is 6.07 Å². The van der Waals surface area contributed by atoms with E-state index in [1.165, 1.54) is 0 Å². The molecule has 0 aliphatic carbocycles. The van der Waals surface area contributed by atoms with Crippen molar-refractivity contribution in [3.05, 3.63) is 83.4 Å². The van der Waals surface area contributed by atoms with Crippen LogP contribution in [0.3, 0.4) is 0 Å². The van der Waals surface area contributed by atoms with Crippen molar-refractivity contribution in [1.82, 2.24) is 0 Å². The first-order chi connectivity index (χ1) is 15.5. The molecule has 1 atom stereocenters. The molecule has 164 valence electrons. The average molecular weight is 432 g/mol. The number of carboxylic acids is 1. The van der Waals surface area contributed by atoms with Crippen LogP contribution in [0.2, 0.25) is 0 Å². The zero-order chi connectivity index (χ0) is 22.7. The number of rotatable bonds is 7. The van der Waals surface area contributed by atoms with Crippen molar-refractivity contribution in [1.29, 1.82) is 0 Å². The number of nitrogens with zero attached hydrogens (tertiary/aromatic N) is 2. The lowest BCUT2D eigenvalue weighted by Gasteiger charge is -2.24. The number of methoxy groups -OCH3 is 3. The van der Waals surface area contributed by atoms with Crippen LogP contribution in [0.4, 0.5) is 5.69 Å². The van der Waals surface area contributed by atoms with Crippen LogP contribution in [0, 0.1) is 0 Å². The van der Waals surface area contributed by atoms with Crippen molar-refractivity contribution in [3.63, 3.8) is 0 Å². The first-order valence-corrected chi connectivity index (χ1v) is 10.1. The SMILES string of the molecule is COc1ccc(C2=NN(c3ccc(C(=O)O)cc3)[C@@H](c3ccc(OC)c(OC)c3)C2)cc1. The second-order valence-electron chi connectivity index (χ2n) is 7.31. The van der Waals surface area contributed by atoms with Crippen molar-refractivity contribution in [2.75, 3.05) is 26.3 Å². The summed E-state index contributed by atoms with van der Waals surface area (Å²) >= 11 is 0. The van der Waals surface area contributed by atoms with Crippen LogP contribution in [0.5, 0.6) is 17.2 Å². The Kier molecular flexibility index (Phi) is 5.98. The van der Waals surface area contributed by atoms with E-state index in [0.717, 1.165) is 28.3 Å². The molecule has 0 aromatic heterocycles. The van der Waals surface area contributed by atoms with Crippen LogP contribution in [0.25, 0.3) is 0 Å². The van der Waals surface area contributed by atoms with Crippen LogP contribution in [-0.4, -0.2) is 38.1 Å². The van der Waals surface area contributed by atoms with E-state index in [-0.39, 0.29) is 11.6 Å². The normalized spacial score (nSPS) is 15.3. The predicted octanol–water partition coefficient (Wildman–Crippen LogP) is 4.77. The van der Waals surface area contributed by atoms with Crippen LogP contribution >= 0.6 is 0 Å². The lowest BCUT2D eigenvalue weighted by molar-refractivity contribution is 0.0697. The standard InChI is InChI=1S/C25H24N2O5/c1-30-20-11-6-16(7-12-20)21-15-22(18-8-13-23(31-2)24(14-18)32-3)27(26-21)19-9-4-17(5-10-19)25(28)29/h4-14,22H,15H2,1-3H3,(H,28,29)/t22-/m1/s1. The number of hydrogen-bond donors (Lipinski definition) is 1. The van der Waals surface area contributed by atoms with Crippen molar-refractivity contribution in [2.45, 2.75) is 12.5 Å². The highest BCUT2D eigenvalue weighted by Crippen LogP contribution is 2.40. The van der Waals surface area contributed by atoms with E-state index in [2.05, 4.69) is 0 Å². The van der Waals surface area contributed by atoms with Crippen molar-refractivity contribution >= 4 is 17.4 Å². The largest absolute Gasteiger partial charge is 0.497 e. The summed E-state index contributed by atoms with van der Waals surface area (Å²) in [6.07, 6.45) is 0.669. The van der Waals surface area contributed by atoms with Gasteiger partial charge in [-0.15, -0.1) is 0 Å². The van der Waals surface area contributed by atoms with E-state index in [1.54, 1.807) is 45.6 Å². The van der Waals surface area contributed by atoms with E-state index in [1.807, 2.05) is 47.5 Å². The van der Waals surface area contributed by atoms with E-state index >= 15 is 0 Å².